The van der Waals surface area contributed by atoms with E-state index in [0.717, 1.165) is 5.56 Å². The summed E-state index contributed by atoms with van der Waals surface area (Å²) in [5.41, 5.74) is 0.740. The van der Waals surface area contributed by atoms with Crippen molar-refractivity contribution >= 4 is 35.0 Å². The Hall–Kier alpha value is -1.32. The number of hydrogen-bond acceptors (Lipinski definition) is 2. The summed E-state index contributed by atoms with van der Waals surface area (Å²) in [7, 11) is 0. The molecular weight excluding hydrogens is 297 g/mol. The van der Waals surface area contributed by atoms with Crippen LogP contribution in [-0.4, -0.2) is 16.7 Å². The third-order valence-electron chi connectivity index (χ3n) is 3.94. The Balaban J connectivity index is 1.84. The molecule has 0 N–H and O–H groups in total. The molecule has 3 nitrogen and oxygen atoms in total. The predicted molar refractivity (Wildman–Crippen MR) is 77.4 cm³/mol. The normalized spacial score (nSPS) is 25.2. The molecule has 0 aromatic heterocycles. The van der Waals surface area contributed by atoms with Crippen LogP contribution in [0.3, 0.4) is 0 Å². The highest BCUT2D eigenvalue weighted by molar-refractivity contribution is 6.35. The fourth-order valence-corrected chi connectivity index (χ4v) is 3.31. The van der Waals surface area contributed by atoms with Gasteiger partial charge >= 0.3 is 0 Å². The Morgan fingerprint density at radius 1 is 1.05 bits per heavy atom. The number of fused-ring (bicyclic) bond motifs is 1. The van der Waals surface area contributed by atoms with Crippen LogP contribution in [0.1, 0.15) is 18.4 Å². The summed E-state index contributed by atoms with van der Waals surface area (Å²) in [5, 5.41) is 1.02. The van der Waals surface area contributed by atoms with Crippen molar-refractivity contribution in [1.29, 1.82) is 0 Å². The molecule has 1 saturated heterocycles. The third-order valence-corrected chi connectivity index (χ3v) is 4.53. The van der Waals surface area contributed by atoms with E-state index in [-0.39, 0.29) is 30.2 Å². The molecule has 1 aliphatic carbocycles. The number of imide groups is 1. The van der Waals surface area contributed by atoms with Crippen molar-refractivity contribution in [1.82, 2.24) is 4.90 Å². The number of amides is 2. The molecule has 3 rings (SSSR count). The van der Waals surface area contributed by atoms with Crippen LogP contribution in [0.2, 0.25) is 10.0 Å². The number of rotatable bonds is 2. The minimum absolute atomic E-state index is 0.0876. The van der Waals surface area contributed by atoms with E-state index in [9.17, 15) is 9.59 Å². The van der Waals surface area contributed by atoms with Crippen LogP contribution < -0.4 is 0 Å². The average molecular weight is 310 g/mol. The SMILES string of the molecule is O=C1[C@H]2CC=CC[C@H]2C(=O)N1Cc1ccc(Cl)cc1Cl. The van der Waals surface area contributed by atoms with Gasteiger partial charge in [0.05, 0.1) is 18.4 Å². The molecule has 0 unspecified atom stereocenters. The van der Waals surface area contributed by atoms with Gasteiger partial charge < -0.3 is 0 Å². The molecule has 1 fully saturated rings. The molecule has 1 aliphatic heterocycles. The van der Waals surface area contributed by atoms with Gasteiger partial charge in [-0.3, -0.25) is 14.5 Å². The van der Waals surface area contributed by atoms with Crippen LogP contribution in [-0.2, 0) is 16.1 Å². The molecule has 5 heteroatoms. The van der Waals surface area contributed by atoms with Crippen LogP contribution in [0.25, 0.3) is 0 Å². The van der Waals surface area contributed by atoms with Gasteiger partial charge in [-0.05, 0) is 30.5 Å². The standard InChI is InChI=1S/C15H13Cl2NO2/c16-10-6-5-9(13(17)7-10)8-18-14(19)11-3-1-2-4-12(11)15(18)20/h1-2,5-7,11-12H,3-4,8H2/t11-,12+. The first-order chi connectivity index (χ1) is 9.58. The zero-order chi connectivity index (χ0) is 14.3. The number of carbonyl (C=O) groups excluding carboxylic acids is 2. The van der Waals surface area contributed by atoms with E-state index >= 15 is 0 Å². The lowest BCUT2D eigenvalue weighted by molar-refractivity contribution is -0.140. The summed E-state index contributed by atoms with van der Waals surface area (Å²) in [6, 6.07) is 5.09. The van der Waals surface area contributed by atoms with E-state index in [1.54, 1.807) is 18.2 Å². The van der Waals surface area contributed by atoms with Crippen molar-refractivity contribution in [3.63, 3.8) is 0 Å². The van der Waals surface area contributed by atoms with Gasteiger partial charge in [0.15, 0.2) is 0 Å². The topological polar surface area (TPSA) is 37.4 Å². The van der Waals surface area contributed by atoms with Crippen LogP contribution in [0.15, 0.2) is 30.4 Å². The molecule has 0 bridgehead atoms. The second kappa shape index (κ2) is 5.23. The van der Waals surface area contributed by atoms with E-state index < -0.39 is 0 Å². The summed E-state index contributed by atoms with van der Waals surface area (Å²) in [6.07, 6.45) is 5.26. The Bertz CT molecular complexity index is 586. The van der Waals surface area contributed by atoms with Gasteiger partial charge in [0.2, 0.25) is 11.8 Å². The van der Waals surface area contributed by atoms with Gasteiger partial charge in [-0.2, -0.15) is 0 Å². The van der Waals surface area contributed by atoms with Crippen molar-refractivity contribution in [3.05, 3.63) is 46.0 Å². The van der Waals surface area contributed by atoms with Crippen LogP contribution in [0, 0.1) is 11.8 Å². The summed E-state index contributed by atoms with van der Waals surface area (Å²) in [5.74, 6) is -0.567. The number of allylic oxidation sites excluding steroid dienone is 2. The lowest BCUT2D eigenvalue weighted by Crippen LogP contribution is -2.30. The lowest BCUT2D eigenvalue weighted by atomic mass is 9.85. The summed E-state index contributed by atoms with van der Waals surface area (Å²) >= 11 is 12.0. The Morgan fingerprint density at radius 3 is 2.20 bits per heavy atom. The van der Waals surface area contributed by atoms with Gasteiger partial charge in [0.1, 0.15) is 0 Å². The fraction of sp³-hybridized carbons (Fsp3) is 0.333. The predicted octanol–water partition coefficient (Wildman–Crippen LogP) is 3.44. The summed E-state index contributed by atoms with van der Waals surface area (Å²) < 4.78 is 0. The molecule has 2 amide bonds. The monoisotopic (exact) mass is 309 g/mol. The molecule has 0 saturated carbocycles. The van der Waals surface area contributed by atoms with Crippen LogP contribution in [0.5, 0.6) is 0 Å². The Kier molecular flexibility index (Phi) is 3.57. The first-order valence-corrected chi connectivity index (χ1v) is 7.27. The van der Waals surface area contributed by atoms with E-state index in [0.29, 0.717) is 22.9 Å². The van der Waals surface area contributed by atoms with Crippen LogP contribution >= 0.6 is 23.2 Å². The first-order valence-electron chi connectivity index (χ1n) is 6.52. The molecule has 1 aromatic rings. The molecule has 2 aliphatic rings. The highest BCUT2D eigenvalue weighted by Crippen LogP contribution is 2.36. The van der Waals surface area contributed by atoms with Crippen molar-refractivity contribution in [3.8, 4) is 0 Å². The Morgan fingerprint density at radius 2 is 1.65 bits per heavy atom. The summed E-state index contributed by atoms with van der Waals surface area (Å²) in [4.78, 5) is 26.0. The number of benzene rings is 1. The third kappa shape index (κ3) is 2.25. The molecule has 20 heavy (non-hydrogen) atoms. The first kappa shape index (κ1) is 13.7. The zero-order valence-corrected chi connectivity index (χ0v) is 12.2. The molecular formula is C15H13Cl2NO2. The van der Waals surface area contributed by atoms with E-state index in [4.69, 9.17) is 23.2 Å². The molecule has 2 atom stereocenters. The largest absolute Gasteiger partial charge is 0.278 e. The smallest absolute Gasteiger partial charge is 0.233 e. The zero-order valence-electron chi connectivity index (χ0n) is 10.7. The maximum Gasteiger partial charge on any atom is 0.233 e. The van der Waals surface area contributed by atoms with Gasteiger partial charge in [0, 0.05) is 10.0 Å². The van der Waals surface area contributed by atoms with Gasteiger partial charge in [-0.25, -0.2) is 0 Å². The van der Waals surface area contributed by atoms with Crippen molar-refractivity contribution in [2.75, 3.05) is 0 Å². The second-order valence-electron chi connectivity index (χ2n) is 5.15. The minimum atomic E-state index is -0.196. The molecule has 1 heterocycles. The van der Waals surface area contributed by atoms with E-state index in [2.05, 4.69) is 0 Å². The van der Waals surface area contributed by atoms with Gasteiger partial charge in [-0.15, -0.1) is 0 Å². The average Bonchev–Trinajstić information content (AvgIpc) is 2.67. The van der Waals surface area contributed by atoms with Gasteiger partial charge in [0.25, 0.3) is 0 Å². The quantitative estimate of drug-likeness (QED) is 0.620. The Labute approximate surface area is 127 Å². The number of likely N-dealkylation sites (tertiary alicyclic amines) is 1. The molecule has 1 aromatic carbocycles. The van der Waals surface area contributed by atoms with Crippen LogP contribution in [0.4, 0.5) is 0 Å². The maximum absolute atomic E-state index is 12.3. The highest BCUT2D eigenvalue weighted by atomic mass is 35.5. The van der Waals surface area contributed by atoms with Crippen molar-refractivity contribution in [2.24, 2.45) is 11.8 Å². The fourth-order valence-electron chi connectivity index (χ4n) is 2.85. The number of nitrogens with zero attached hydrogens (tertiary/aromatic N) is 1. The number of halogens is 2. The second-order valence-corrected chi connectivity index (χ2v) is 6.00. The summed E-state index contributed by atoms with van der Waals surface area (Å²) in [6.45, 7) is 0.223. The molecule has 0 radical (unpaired) electrons. The van der Waals surface area contributed by atoms with E-state index in [1.807, 2.05) is 12.2 Å². The van der Waals surface area contributed by atoms with E-state index in [1.165, 1.54) is 4.90 Å². The highest BCUT2D eigenvalue weighted by Gasteiger charge is 2.47. The number of hydrogen-bond donors (Lipinski definition) is 0. The lowest BCUT2D eigenvalue weighted by Gasteiger charge is -2.15. The van der Waals surface area contributed by atoms with Crippen molar-refractivity contribution < 1.29 is 9.59 Å². The number of carbonyl (C=O) groups is 2. The molecule has 0 spiro atoms. The maximum atomic E-state index is 12.3. The molecule has 104 valence electrons. The minimum Gasteiger partial charge on any atom is -0.278 e. The van der Waals surface area contributed by atoms with Crippen molar-refractivity contribution in [2.45, 2.75) is 19.4 Å². The van der Waals surface area contributed by atoms with Gasteiger partial charge in [-0.1, -0.05) is 41.4 Å².